The molecule has 0 saturated carbocycles. The van der Waals surface area contributed by atoms with Gasteiger partial charge in [0.05, 0.1) is 5.41 Å². The van der Waals surface area contributed by atoms with Crippen LogP contribution in [-0.2, 0) is 16.6 Å². The van der Waals surface area contributed by atoms with Crippen molar-refractivity contribution in [3.63, 3.8) is 0 Å². The lowest BCUT2D eigenvalue weighted by Gasteiger charge is -2.24. The summed E-state index contributed by atoms with van der Waals surface area (Å²) in [5.41, 5.74) is 0.986. The van der Waals surface area contributed by atoms with Crippen LogP contribution in [0.3, 0.4) is 0 Å². The first-order valence-electron chi connectivity index (χ1n) is 7.09. The van der Waals surface area contributed by atoms with Gasteiger partial charge in [0, 0.05) is 6.54 Å². The van der Waals surface area contributed by atoms with Gasteiger partial charge >= 0.3 is 0 Å². The fraction of sp³-hybridized carbons (Fsp3) is 0.278. The quantitative estimate of drug-likeness (QED) is 0.895. The zero-order valence-corrected chi connectivity index (χ0v) is 12.4. The fourth-order valence-electron chi connectivity index (χ4n) is 2.22. The van der Waals surface area contributed by atoms with E-state index in [2.05, 4.69) is 5.32 Å². The molecular formula is C18H20FNO. The van der Waals surface area contributed by atoms with E-state index in [9.17, 15) is 9.18 Å². The van der Waals surface area contributed by atoms with Crippen LogP contribution >= 0.6 is 0 Å². The molecule has 0 spiro atoms. The molecule has 2 nitrogen and oxygen atoms in total. The van der Waals surface area contributed by atoms with Crippen molar-refractivity contribution in [2.24, 2.45) is 0 Å². The molecule has 0 unspecified atom stereocenters. The molecule has 0 atom stereocenters. The minimum atomic E-state index is -0.601. The molecular weight excluding hydrogens is 265 g/mol. The van der Waals surface area contributed by atoms with Crippen LogP contribution in [0.1, 0.15) is 25.0 Å². The van der Waals surface area contributed by atoms with Crippen LogP contribution in [0, 0.1) is 5.82 Å². The molecule has 2 aromatic rings. The minimum Gasteiger partial charge on any atom is -0.355 e. The van der Waals surface area contributed by atoms with Gasteiger partial charge in [0.25, 0.3) is 0 Å². The zero-order chi connectivity index (χ0) is 15.3. The van der Waals surface area contributed by atoms with E-state index in [-0.39, 0.29) is 11.7 Å². The molecule has 0 aromatic heterocycles. The summed E-state index contributed by atoms with van der Waals surface area (Å²) in [4.78, 5) is 12.3. The molecule has 0 fully saturated rings. The van der Waals surface area contributed by atoms with Crippen molar-refractivity contribution in [3.05, 3.63) is 71.5 Å². The Labute approximate surface area is 125 Å². The summed E-state index contributed by atoms with van der Waals surface area (Å²) < 4.78 is 13.5. The molecule has 2 rings (SSSR count). The van der Waals surface area contributed by atoms with Crippen molar-refractivity contribution in [2.45, 2.75) is 25.7 Å². The summed E-state index contributed by atoms with van der Waals surface area (Å²) in [6.07, 6.45) is 0.489. The maximum Gasteiger partial charge on any atom is 0.230 e. The highest BCUT2D eigenvalue weighted by Crippen LogP contribution is 2.22. The summed E-state index contributed by atoms with van der Waals surface area (Å²) in [5, 5.41) is 2.89. The predicted molar refractivity (Wildman–Crippen MR) is 82.6 cm³/mol. The third kappa shape index (κ3) is 3.69. The van der Waals surface area contributed by atoms with Gasteiger partial charge in [0.1, 0.15) is 5.82 Å². The number of hydrogen-bond donors (Lipinski definition) is 1. The van der Waals surface area contributed by atoms with E-state index in [1.165, 1.54) is 6.07 Å². The first kappa shape index (κ1) is 15.2. The van der Waals surface area contributed by atoms with Gasteiger partial charge in [-0.1, -0.05) is 48.5 Å². The molecule has 0 radical (unpaired) electrons. The van der Waals surface area contributed by atoms with Crippen molar-refractivity contribution in [1.29, 1.82) is 0 Å². The van der Waals surface area contributed by atoms with Gasteiger partial charge in [-0.3, -0.25) is 4.79 Å². The Morgan fingerprint density at radius 3 is 2.33 bits per heavy atom. The van der Waals surface area contributed by atoms with Crippen LogP contribution in [0.15, 0.2) is 54.6 Å². The van der Waals surface area contributed by atoms with Crippen molar-refractivity contribution >= 4 is 5.91 Å². The summed E-state index contributed by atoms with van der Waals surface area (Å²) in [7, 11) is 0. The molecule has 110 valence electrons. The Bertz CT molecular complexity index is 608. The van der Waals surface area contributed by atoms with E-state index >= 15 is 0 Å². The summed E-state index contributed by atoms with van der Waals surface area (Å²) in [6.45, 7) is 4.21. The highest BCUT2D eigenvalue weighted by molar-refractivity contribution is 5.87. The molecule has 0 saturated heterocycles. The number of benzene rings is 2. The maximum absolute atomic E-state index is 13.5. The van der Waals surface area contributed by atoms with Crippen LogP contribution in [0.2, 0.25) is 0 Å². The van der Waals surface area contributed by atoms with Crippen LogP contribution < -0.4 is 5.32 Å². The Balaban J connectivity index is 1.94. The third-order valence-electron chi connectivity index (χ3n) is 3.70. The van der Waals surface area contributed by atoms with Gasteiger partial charge in [0.15, 0.2) is 0 Å². The second-order valence-electron chi connectivity index (χ2n) is 5.59. The monoisotopic (exact) mass is 285 g/mol. The van der Waals surface area contributed by atoms with Gasteiger partial charge in [-0.2, -0.15) is 0 Å². The lowest BCUT2D eigenvalue weighted by Crippen LogP contribution is -2.40. The second-order valence-corrected chi connectivity index (χ2v) is 5.59. The third-order valence-corrected chi connectivity index (χ3v) is 3.70. The maximum atomic E-state index is 13.5. The SMILES string of the molecule is CC(C)(C(=O)NCCc1ccccc1F)c1ccccc1. The minimum absolute atomic E-state index is 0.0509. The Kier molecular flexibility index (Phi) is 4.73. The molecule has 0 aliphatic carbocycles. The molecule has 1 N–H and O–H groups in total. The van der Waals surface area contributed by atoms with E-state index < -0.39 is 5.41 Å². The number of carbonyl (C=O) groups is 1. The van der Waals surface area contributed by atoms with Crippen LogP contribution in [0.5, 0.6) is 0 Å². The van der Waals surface area contributed by atoms with Crippen LogP contribution in [0.4, 0.5) is 4.39 Å². The lowest BCUT2D eigenvalue weighted by molar-refractivity contribution is -0.125. The zero-order valence-electron chi connectivity index (χ0n) is 12.4. The number of rotatable bonds is 5. The number of carbonyl (C=O) groups excluding carboxylic acids is 1. The first-order valence-corrected chi connectivity index (χ1v) is 7.09. The topological polar surface area (TPSA) is 29.1 Å². The number of halogens is 1. The normalized spacial score (nSPS) is 11.2. The first-order chi connectivity index (χ1) is 10.0. The standard InChI is InChI=1S/C18H20FNO/c1-18(2,15-9-4-3-5-10-15)17(21)20-13-12-14-8-6-7-11-16(14)19/h3-11H,12-13H2,1-2H3,(H,20,21). The highest BCUT2D eigenvalue weighted by atomic mass is 19.1. The van der Waals surface area contributed by atoms with Crippen molar-refractivity contribution in [3.8, 4) is 0 Å². The van der Waals surface area contributed by atoms with Gasteiger partial charge in [-0.05, 0) is 37.5 Å². The van der Waals surface area contributed by atoms with Gasteiger partial charge in [0.2, 0.25) is 5.91 Å². The summed E-state index contributed by atoms with van der Waals surface area (Å²) in [6, 6.07) is 16.3. The van der Waals surface area contributed by atoms with E-state index in [0.717, 1.165) is 5.56 Å². The molecule has 2 aromatic carbocycles. The molecule has 3 heteroatoms. The predicted octanol–water partition coefficient (Wildman–Crippen LogP) is 3.46. The molecule has 21 heavy (non-hydrogen) atoms. The van der Waals surface area contributed by atoms with Gasteiger partial charge in [-0.25, -0.2) is 4.39 Å². The molecule has 0 heterocycles. The van der Waals surface area contributed by atoms with Crippen LogP contribution in [0.25, 0.3) is 0 Å². The number of nitrogens with one attached hydrogen (secondary N) is 1. The lowest BCUT2D eigenvalue weighted by atomic mass is 9.84. The van der Waals surface area contributed by atoms with Crippen molar-refractivity contribution < 1.29 is 9.18 Å². The Morgan fingerprint density at radius 1 is 1.05 bits per heavy atom. The smallest absolute Gasteiger partial charge is 0.230 e. The average Bonchev–Trinajstić information content (AvgIpc) is 2.50. The molecule has 0 aliphatic rings. The van der Waals surface area contributed by atoms with Gasteiger partial charge in [-0.15, -0.1) is 0 Å². The second kappa shape index (κ2) is 6.53. The molecule has 0 aliphatic heterocycles. The highest BCUT2D eigenvalue weighted by Gasteiger charge is 2.29. The van der Waals surface area contributed by atoms with E-state index in [0.29, 0.717) is 18.5 Å². The van der Waals surface area contributed by atoms with Gasteiger partial charge < -0.3 is 5.32 Å². The summed E-state index contributed by atoms with van der Waals surface area (Å²) in [5.74, 6) is -0.279. The fourth-order valence-corrected chi connectivity index (χ4v) is 2.22. The number of hydrogen-bond acceptors (Lipinski definition) is 1. The largest absolute Gasteiger partial charge is 0.355 e. The molecule has 0 bridgehead atoms. The van der Waals surface area contributed by atoms with Crippen LogP contribution in [-0.4, -0.2) is 12.5 Å². The Hall–Kier alpha value is -2.16. The number of amides is 1. The van der Waals surface area contributed by atoms with Crippen molar-refractivity contribution in [1.82, 2.24) is 5.32 Å². The van der Waals surface area contributed by atoms with E-state index in [1.54, 1.807) is 18.2 Å². The van der Waals surface area contributed by atoms with E-state index in [1.807, 2.05) is 44.2 Å². The summed E-state index contributed by atoms with van der Waals surface area (Å²) >= 11 is 0. The molecule has 1 amide bonds. The van der Waals surface area contributed by atoms with Crippen molar-refractivity contribution in [2.75, 3.05) is 6.54 Å². The average molecular weight is 285 g/mol. The van der Waals surface area contributed by atoms with E-state index in [4.69, 9.17) is 0 Å². The Morgan fingerprint density at radius 2 is 1.67 bits per heavy atom.